The molecule has 1 heterocycles. The Morgan fingerprint density at radius 1 is 1.43 bits per heavy atom. The number of rotatable bonds is 5. The first-order valence-corrected chi connectivity index (χ1v) is 8.38. The van der Waals surface area contributed by atoms with Gasteiger partial charge >= 0.3 is 0 Å². The van der Waals surface area contributed by atoms with Crippen molar-refractivity contribution in [1.29, 1.82) is 0 Å². The van der Waals surface area contributed by atoms with Gasteiger partial charge in [0.1, 0.15) is 6.10 Å². The smallest absolute Gasteiger partial charge is 0.260 e. The third kappa shape index (κ3) is 3.14. The Morgan fingerprint density at radius 3 is 2.86 bits per heavy atom. The van der Waals surface area contributed by atoms with Gasteiger partial charge in [-0.1, -0.05) is 21.1 Å². The van der Waals surface area contributed by atoms with E-state index in [0.717, 1.165) is 21.8 Å². The van der Waals surface area contributed by atoms with Gasteiger partial charge in [-0.15, -0.1) is 0 Å². The van der Waals surface area contributed by atoms with Crippen molar-refractivity contribution in [3.63, 3.8) is 0 Å². The fourth-order valence-electron chi connectivity index (χ4n) is 2.22. The Bertz CT molecular complexity index is 656. The van der Waals surface area contributed by atoms with Crippen molar-refractivity contribution in [3.05, 3.63) is 26.9 Å². The Labute approximate surface area is 139 Å². The van der Waals surface area contributed by atoms with Gasteiger partial charge in [0.05, 0.1) is 11.3 Å². The number of ether oxygens (including phenoxy) is 1. The number of anilines is 1. The minimum Gasteiger partial charge on any atom is -0.397 e. The summed E-state index contributed by atoms with van der Waals surface area (Å²) in [5.74, 6) is 1.52. The molecular weight excluding hydrogens is 402 g/mol. The monoisotopic (exact) mass is 415 g/mol. The summed E-state index contributed by atoms with van der Waals surface area (Å²) in [7, 11) is 0. The zero-order valence-corrected chi connectivity index (χ0v) is 14.6. The number of hydrogen-bond donors (Lipinski definition) is 1. The van der Waals surface area contributed by atoms with E-state index in [1.807, 2.05) is 19.1 Å². The lowest BCUT2D eigenvalue weighted by Gasteiger charge is -2.11. The molecule has 0 spiro atoms. The zero-order chi connectivity index (χ0) is 15.0. The molecule has 5 nitrogen and oxygen atoms in total. The highest BCUT2D eigenvalue weighted by atomic mass is 79.9. The molecule has 1 aliphatic rings. The number of benzene rings is 1. The fraction of sp³-hybridized carbons (Fsp3) is 0.429. The molecule has 1 fully saturated rings. The van der Waals surface area contributed by atoms with Gasteiger partial charge < -0.3 is 15.0 Å². The molecule has 7 heteroatoms. The molecule has 0 radical (unpaired) electrons. The summed E-state index contributed by atoms with van der Waals surface area (Å²) in [6, 6.07) is 3.74. The molecule has 2 N–H and O–H groups in total. The van der Waals surface area contributed by atoms with Crippen LogP contribution in [0.25, 0.3) is 11.5 Å². The Kier molecular flexibility index (Phi) is 4.33. The molecule has 0 bridgehead atoms. The molecule has 112 valence electrons. The average molecular weight is 417 g/mol. The second-order valence-corrected chi connectivity index (χ2v) is 6.79. The van der Waals surface area contributed by atoms with Crippen LogP contribution in [-0.2, 0) is 4.74 Å². The predicted octanol–water partition coefficient (Wildman–Crippen LogP) is 4.33. The van der Waals surface area contributed by atoms with E-state index in [1.54, 1.807) is 0 Å². The van der Waals surface area contributed by atoms with E-state index >= 15 is 0 Å². The first kappa shape index (κ1) is 15.0. The van der Waals surface area contributed by atoms with Crippen LogP contribution in [0.3, 0.4) is 0 Å². The highest BCUT2D eigenvalue weighted by Gasteiger charge is 2.36. The standard InChI is InChI=1S/C14H15Br2N3O2/c1-2-20-12(7-3-4-7)13-18-14(21-19-13)9-5-8(15)6-10(16)11(9)17/h5-7,12H,2-4,17H2,1H3. The van der Waals surface area contributed by atoms with E-state index in [4.69, 9.17) is 15.0 Å². The van der Waals surface area contributed by atoms with Crippen LogP contribution in [0, 0.1) is 5.92 Å². The zero-order valence-electron chi connectivity index (χ0n) is 11.5. The minimum atomic E-state index is -0.0793. The average Bonchev–Trinajstić information content (AvgIpc) is 3.17. The van der Waals surface area contributed by atoms with Crippen LogP contribution < -0.4 is 5.73 Å². The number of halogens is 2. The number of nitrogen functional groups attached to an aromatic ring is 1. The SMILES string of the molecule is CCOC(c1noc(-c2cc(Br)cc(Br)c2N)n1)C1CC1. The molecule has 2 aromatic rings. The normalized spacial score (nSPS) is 16.1. The van der Waals surface area contributed by atoms with Gasteiger partial charge in [-0.3, -0.25) is 0 Å². The summed E-state index contributed by atoms with van der Waals surface area (Å²) in [6.45, 7) is 2.61. The first-order valence-electron chi connectivity index (χ1n) is 6.80. The second-order valence-electron chi connectivity index (χ2n) is 5.02. The van der Waals surface area contributed by atoms with E-state index in [1.165, 1.54) is 0 Å². The Hall–Kier alpha value is -0.920. The van der Waals surface area contributed by atoms with Gasteiger partial charge in [-0.2, -0.15) is 4.98 Å². The van der Waals surface area contributed by atoms with Crippen molar-refractivity contribution >= 4 is 37.5 Å². The summed E-state index contributed by atoms with van der Waals surface area (Å²) < 4.78 is 12.8. The van der Waals surface area contributed by atoms with Crippen LogP contribution in [0.1, 0.15) is 31.7 Å². The van der Waals surface area contributed by atoms with Crippen molar-refractivity contribution in [3.8, 4) is 11.5 Å². The maximum atomic E-state index is 6.07. The van der Waals surface area contributed by atoms with Gasteiger partial charge in [0, 0.05) is 15.6 Å². The van der Waals surface area contributed by atoms with Crippen molar-refractivity contribution in [2.24, 2.45) is 5.92 Å². The molecule has 1 saturated carbocycles. The predicted molar refractivity (Wildman–Crippen MR) is 86.6 cm³/mol. The van der Waals surface area contributed by atoms with Crippen LogP contribution in [0.15, 0.2) is 25.6 Å². The quantitative estimate of drug-likeness (QED) is 0.734. The van der Waals surface area contributed by atoms with Gasteiger partial charge in [0.25, 0.3) is 5.89 Å². The van der Waals surface area contributed by atoms with Crippen LogP contribution >= 0.6 is 31.9 Å². The number of nitrogens with two attached hydrogens (primary N) is 1. The summed E-state index contributed by atoms with van der Waals surface area (Å²) in [5.41, 5.74) is 7.36. The molecule has 0 aliphatic heterocycles. The van der Waals surface area contributed by atoms with Gasteiger partial charge in [-0.25, -0.2) is 0 Å². The molecule has 0 amide bonds. The third-order valence-electron chi connectivity index (χ3n) is 3.42. The van der Waals surface area contributed by atoms with E-state index < -0.39 is 0 Å². The van der Waals surface area contributed by atoms with Crippen LogP contribution in [-0.4, -0.2) is 16.7 Å². The molecule has 1 unspecified atom stereocenters. The Balaban J connectivity index is 1.94. The number of hydrogen-bond acceptors (Lipinski definition) is 5. The molecule has 3 rings (SSSR count). The second kappa shape index (κ2) is 6.06. The third-order valence-corrected chi connectivity index (χ3v) is 4.53. The van der Waals surface area contributed by atoms with Crippen molar-refractivity contribution < 1.29 is 9.26 Å². The lowest BCUT2D eigenvalue weighted by atomic mass is 10.2. The molecular formula is C14H15Br2N3O2. The van der Waals surface area contributed by atoms with Crippen LogP contribution in [0.4, 0.5) is 5.69 Å². The topological polar surface area (TPSA) is 74.2 Å². The number of aromatic nitrogens is 2. The highest BCUT2D eigenvalue weighted by Crippen LogP contribution is 2.43. The first-order chi connectivity index (χ1) is 10.1. The van der Waals surface area contributed by atoms with E-state index in [-0.39, 0.29) is 6.10 Å². The molecule has 1 aromatic carbocycles. The lowest BCUT2D eigenvalue weighted by molar-refractivity contribution is 0.0385. The minimum absolute atomic E-state index is 0.0793. The molecule has 21 heavy (non-hydrogen) atoms. The largest absolute Gasteiger partial charge is 0.397 e. The van der Waals surface area contributed by atoms with Crippen molar-refractivity contribution in [1.82, 2.24) is 10.1 Å². The van der Waals surface area contributed by atoms with E-state index in [2.05, 4.69) is 42.0 Å². The Morgan fingerprint density at radius 2 is 2.19 bits per heavy atom. The lowest BCUT2D eigenvalue weighted by Crippen LogP contribution is -2.08. The van der Waals surface area contributed by atoms with Crippen molar-refractivity contribution in [2.45, 2.75) is 25.9 Å². The summed E-state index contributed by atoms with van der Waals surface area (Å²) >= 11 is 6.86. The molecule has 0 saturated heterocycles. The van der Waals surface area contributed by atoms with Crippen LogP contribution in [0.2, 0.25) is 0 Å². The number of nitrogens with zero attached hydrogens (tertiary/aromatic N) is 2. The fourth-order valence-corrected chi connectivity index (χ4v) is 3.45. The van der Waals surface area contributed by atoms with E-state index in [0.29, 0.717) is 35.5 Å². The van der Waals surface area contributed by atoms with E-state index in [9.17, 15) is 0 Å². The summed E-state index contributed by atoms with van der Waals surface area (Å²) in [4.78, 5) is 4.48. The van der Waals surface area contributed by atoms with Gasteiger partial charge in [0.2, 0.25) is 5.82 Å². The van der Waals surface area contributed by atoms with Gasteiger partial charge in [0.15, 0.2) is 0 Å². The summed E-state index contributed by atoms with van der Waals surface area (Å²) in [6.07, 6.45) is 2.22. The van der Waals surface area contributed by atoms with Crippen LogP contribution in [0.5, 0.6) is 0 Å². The maximum absolute atomic E-state index is 6.07. The van der Waals surface area contributed by atoms with Gasteiger partial charge in [-0.05, 0) is 53.7 Å². The molecule has 1 aliphatic carbocycles. The maximum Gasteiger partial charge on any atom is 0.260 e. The van der Waals surface area contributed by atoms with Crippen molar-refractivity contribution in [2.75, 3.05) is 12.3 Å². The molecule has 1 aromatic heterocycles. The highest BCUT2D eigenvalue weighted by molar-refractivity contribution is 9.11. The molecule has 1 atom stereocenters. The summed E-state index contributed by atoms with van der Waals surface area (Å²) in [5, 5.41) is 4.08.